The van der Waals surface area contributed by atoms with Gasteiger partial charge in [-0.1, -0.05) is 0 Å². The molecule has 1 amide bonds. The van der Waals surface area contributed by atoms with Crippen molar-refractivity contribution in [2.24, 2.45) is 0 Å². The normalized spacial score (nSPS) is 11.9. The van der Waals surface area contributed by atoms with Crippen molar-refractivity contribution in [1.29, 1.82) is 0 Å². The van der Waals surface area contributed by atoms with Crippen LogP contribution in [0, 0.1) is 15.2 Å². The molecule has 1 atom stereocenters. The monoisotopic (exact) mass is 462 g/mol. The van der Waals surface area contributed by atoms with Crippen LogP contribution in [0.1, 0.15) is 23.7 Å². The molecule has 0 fully saturated rings. The number of carbonyl (C=O) groups excluding carboxylic acids is 1. The van der Waals surface area contributed by atoms with Gasteiger partial charge in [0.25, 0.3) is 5.91 Å². The van der Waals surface area contributed by atoms with E-state index in [1.54, 1.807) is 13.0 Å². The summed E-state index contributed by atoms with van der Waals surface area (Å²) in [5, 5.41) is 11.9. The first-order valence-electron chi connectivity index (χ1n) is 7.48. The van der Waals surface area contributed by atoms with Crippen molar-refractivity contribution < 1.29 is 23.5 Å². The Morgan fingerprint density at radius 1 is 1.24 bits per heavy atom. The van der Waals surface area contributed by atoms with E-state index in [0.29, 0.717) is 9.99 Å². The van der Waals surface area contributed by atoms with Crippen LogP contribution in [-0.4, -0.2) is 23.7 Å². The van der Waals surface area contributed by atoms with Gasteiger partial charge in [-0.25, -0.2) is 14.3 Å². The molecular weight excluding hydrogens is 445 g/mol. The third kappa shape index (κ3) is 5.91. The van der Waals surface area contributed by atoms with Crippen molar-refractivity contribution in [3.8, 4) is 0 Å². The van der Waals surface area contributed by atoms with Gasteiger partial charge in [-0.3, -0.25) is 9.63 Å². The van der Waals surface area contributed by atoms with E-state index >= 15 is 0 Å². The molecule has 0 heterocycles. The Morgan fingerprint density at radius 3 is 2.68 bits per heavy atom. The minimum Gasteiger partial charge on any atom is -0.393 e. The van der Waals surface area contributed by atoms with Crippen LogP contribution >= 0.6 is 22.6 Å². The lowest BCUT2D eigenvalue weighted by Gasteiger charge is -2.13. The minimum absolute atomic E-state index is 0.0939. The fraction of sp³-hybridized carbons (Fsp3) is 0.235. The molecule has 0 saturated carbocycles. The molecule has 25 heavy (non-hydrogen) atoms. The van der Waals surface area contributed by atoms with Crippen molar-refractivity contribution >= 4 is 39.9 Å². The number of carbonyl (C=O) groups is 1. The van der Waals surface area contributed by atoms with E-state index in [2.05, 4.69) is 10.8 Å². The molecule has 0 spiro atoms. The van der Waals surface area contributed by atoms with Crippen molar-refractivity contribution in [1.82, 2.24) is 5.48 Å². The lowest BCUT2D eigenvalue weighted by molar-refractivity contribution is 0.0187. The number of hydrogen-bond acceptors (Lipinski definition) is 4. The maximum Gasteiger partial charge on any atom is 0.276 e. The van der Waals surface area contributed by atoms with Crippen molar-refractivity contribution in [2.75, 3.05) is 11.9 Å². The number of hydrogen-bond donors (Lipinski definition) is 3. The van der Waals surface area contributed by atoms with Crippen LogP contribution in [0.15, 0.2) is 36.4 Å². The Hall–Kier alpha value is -1.78. The van der Waals surface area contributed by atoms with Gasteiger partial charge in [0, 0.05) is 3.57 Å². The highest BCUT2D eigenvalue weighted by molar-refractivity contribution is 14.1. The van der Waals surface area contributed by atoms with Crippen LogP contribution in [0.5, 0.6) is 0 Å². The van der Waals surface area contributed by atoms with E-state index in [9.17, 15) is 13.6 Å². The van der Waals surface area contributed by atoms with E-state index in [-0.39, 0.29) is 23.5 Å². The fourth-order valence-corrected chi connectivity index (χ4v) is 2.41. The number of aliphatic hydroxyl groups is 1. The van der Waals surface area contributed by atoms with Crippen LogP contribution in [0.3, 0.4) is 0 Å². The summed E-state index contributed by atoms with van der Waals surface area (Å²) in [4.78, 5) is 17.2. The summed E-state index contributed by atoms with van der Waals surface area (Å²) in [5.74, 6) is -1.70. The average Bonchev–Trinajstić information content (AvgIpc) is 2.54. The molecule has 0 aliphatic carbocycles. The average molecular weight is 462 g/mol. The van der Waals surface area contributed by atoms with Gasteiger partial charge in [0.1, 0.15) is 11.6 Å². The Kier molecular flexibility index (Phi) is 7.09. The second kappa shape index (κ2) is 9.07. The predicted octanol–water partition coefficient (Wildman–Crippen LogP) is 3.75. The number of aliphatic hydroxyl groups excluding tert-OH is 1. The number of halogens is 3. The highest BCUT2D eigenvalue weighted by atomic mass is 127. The zero-order chi connectivity index (χ0) is 18.4. The van der Waals surface area contributed by atoms with Gasteiger partial charge >= 0.3 is 0 Å². The van der Waals surface area contributed by atoms with Crippen LogP contribution in [0.4, 0.5) is 20.2 Å². The Labute approximate surface area is 157 Å². The molecule has 0 aromatic heterocycles. The van der Waals surface area contributed by atoms with Gasteiger partial charge in [0.2, 0.25) is 0 Å². The summed E-state index contributed by atoms with van der Waals surface area (Å²) in [7, 11) is 0. The van der Waals surface area contributed by atoms with Crippen molar-refractivity contribution in [3.05, 3.63) is 57.2 Å². The second-order valence-electron chi connectivity index (χ2n) is 5.36. The molecule has 134 valence electrons. The molecule has 3 N–H and O–H groups in total. The van der Waals surface area contributed by atoms with E-state index in [1.807, 2.05) is 22.6 Å². The predicted molar refractivity (Wildman–Crippen MR) is 98.5 cm³/mol. The van der Waals surface area contributed by atoms with Crippen LogP contribution in [0.2, 0.25) is 0 Å². The number of anilines is 2. The lowest BCUT2D eigenvalue weighted by atomic mass is 10.1. The van der Waals surface area contributed by atoms with Crippen LogP contribution < -0.4 is 10.8 Å². The third-order valence-electron chi connectivity index (χ3n) is 3.23. The summed E-state index contributed by atoms with van der Waals surface area (Å²) >= 11 is 1.97. The van der Waals surface area contributed by atoms with Gasteiger partial charge in [0.05, 0.1) is 29.6 Å². The second-order valence-corrected chi connectivity index (χ2v) is 6.60. The molecule has 5 nitrogen and oxygen atoms in total. The zero-order valence-corrected chi connectivity index (χ0v) is 15.5. The number of rotatable bonds is 7. The summed E-state index contributed by atoms with van der Waals surface area (Å²) < 4.78 is 28.2. The summed E-state index contributed by atoms with van der Waals surface area (Å²) in [6.07, 6.45) is -0.202. The summed E-state index contributed by atoms with van der Waals surface area (Å²) in [6, 6.07) is 8.01. The Balaban J connectivity index is 2.15. The van der Waals surface area contributed by atoms with Gasteiger partial charge in [-0.2, -0.15) is 0 Å². The zero-order valence-electron chi connectivity index (χ0n) is 13.4. The van der Waals surface area contributed by atoms with Crippen molar-refractivity contribution in [2.45, 2.75) is 19.4 Å². The molecule has 0 aliphatic heterocycles. The van der Waals surface area contributed by atoms with Gasteiger partial charge in [0.15, 0.2) is 0 Å². The third-order valence-corrected chi connectivity index (χ3v) is 3.90. The molecule has 8 heteroatoms. The molecule has 2 aromatic carbocycles. The molecule has 0 radical (unpaired) electrons. The maximum atomic E-state index is 14.0. The molecule has 2 rings (SSSR count). The number of nitrogens with one attached hydrogen (secondary N) is 2. The standard InChI is InChI=1S/C17H17F2IN2O3/c1-10(23)6-7-25-22-17(24)13-4-2-11(18)8-16(13)21-15-5-3-12(20)9-14(15)19/h2-5,8-10,21,23H,6-7H2,1H3,(H,22,24). The quantitative estimate of drug-likeness (QED) is 0.333. The van der Waals surface area contributed by atoms with Gasteiger partial charge in [-0.05, 0) is 72.3 Å². The first-order chi connectivity index (χ1) is 11.9. The SMILES string of the molecule is CC(O)CCONC(=O)c1ccc(F)cc1Nc1ccc(I)cc1F. The topological polar surface area (TPSA) is 70.6 Å². The number of benzene rings is 2. The highest BCUT2D eigenvalue weighted by Gasteiger charge is 2.14. The number of amides is 1. The molecule has 2 aromatic rings. The van der Waals surface area contributed by atoms with Gasteiger partial charge < -0.3 is 10.4 Å². The molecule has 0 bridgehead atoms. The minimum atomic E-state index is -0.612. The van der Waals surface area contributed by atoms with Crippen LogP contribution in [0.25, 0.3) is 0 Å². The number of hydroxylamine groups is 1. The molecule has 1 unspecified atom stereocenters. The Morgan fingerprint density at radius 2 is 2.00 bits per heavy atom. The molecule has 0 aliphatic rings. The highest BCUT2D eigenvalue weighted by Crippen LogP contribution is 2.25. The maximum absolute atomic E-state index is 14.0. The lowest BCUT2D eigenvalue weighted by Crippen LogP contribution is -2.26. The smallest absolute Gasteiger partial charge is 0.276 e. The Bertz CT molecular complexity index is 757. The summed E-state index contributed by atoms with van der Waals surface area (Å²) in [5.41, 5.74) is 2.54. The largest absolute Gasteiger partial charge is 0.393 e. The molecule has 0 saturated heterocycles. The van der Waals surface area contributed by atoms with Crippen molar-refractivity contribution in [3.63, 3.8) is 0 Å². The van der Waals surface area contributed by atoms with Crippen LogP contribution in [-0.2, 0) is 4.84 Å². The van der Waals surface area contributed by atoms with E-state index in [0.717, 1.165) is 12.1 Å². The first-order valence-corrected chi connectivity index (χ1v) is 8.56. The molecular formula is C17H17F2IN2O3. The first kappa shape index (κ1) is 19.5. The van der Waals surface area contributed by atoms with Gasteiger partial charge in [-0.15, -0.1) is 0 Å². The fourth-order valence-electron chi connectivity index (χ4n) is 1.95. The van der Waals surface area contributed by atoms with E-state index in [1.165, 1.54) is 18.2 Å². The van der Waals surface area contributed by atoms with E-state index in [4.69, 9.17) is 9.94 Å². The van der Waals surface area contributed by atoms with E-state index < -0.39 is 23.6 Å². The summed E-state index contributed by atoms with van der Waals surface area (Å²) in [6.45, 7) is 1.72.